The molecular formula is C13H29N2+. The summed E-state index contributed by atoms with van der Waals surface area (Å²) >= 11 is 0. The first kappa shape index (κ1) is 13.0. The third kappa shape index (κ3) is 5.53. The Balaban J connectivity index is 1.98. The molecule has 0 spiro atoms. The van der Waals surface area contributed by atoms with Gasteiger partial charge in [-0.3, -0.25) is 0 Å². The molecule has 1 aliphatic heterocycles. The standard InChI is InChI=1S/C13H29N2/c1-3-4-5-6-7-8-11-15(2)12-9-14-10-13-15/h14H,3-13H2,1-2H3/q+1. The van der Waals surface area contributed by atoms with Crippen molar-refractivity contribution in [3.05, 3.63) is 0 Å². The van der Waals surface area contributed by atoms with Gasteiger partial charge in [-0.1, -0.05) is 32.6 Å². The summed E-state index contributed by atoms with van der Waals surface area (Å²) in [6.07, 6.45) is 8.56. The Bertz CT molecular complexity index is 151. The summed E-state index contributed by atoms with van der Waals surface area (Å²) < 4.78 is 1.31. The molecule has 0 aromatic rings. The molecular weight excluding hydrogens is 184 g/mol. The maximum absolute atomic E-state index is 3.44. The van der Waals surface area contributed by atoms with Gasteiger partial charge in [-0.15, -0.1) is 0 Å². The lowest BCUT2D eigenvalue weighted by Gasteiger charge is -2.38. The monoisotopic (exact) mass is 213 g/mol. The molecule has 90 valence electrons. The lowest BCUT2D eigenvalue weighted by Crippen LogP contribution is -2.56. The van der Waals surface area contributed by atoms with Gasteiger partial charge in [-0.25, -0.2) is 0 Å². The third-order valence-corrected chi connectivity index (χ3v) is 3.71. The van der Waals surface area contributed by atoms with Gasteiger partial charge in [0.25, 0.3) is 0 Å². The summed E-state index contributed by atoms with van der Waals surface area (Å²) in [4.78, 5) is 0. The second kappa shape index (κ2) is 7.24. The Hall–Kier alpha value is -0.0800. The average Bonchev–Trinajstić information content (AvgIpc) is 2.24. The van der Waals surface area contributed by atoms with Crippen molar-refractivity contribution >= 4 is 0 Å². The molecule has 0 bridgehead atoms. The van der Waals surface area contributed by atoms with E-state index in [9.17, 15) is 0 Å². The largest absolute Gasteiger partial charge is 0.324 e. The number of quaternary nitrogens is 1. The Morgan fingerprint density at radius 1 is 0.933 bits per heavy atom. The van der Waals surface area contributed by atoms with Gasteiger partial charge >= 0.3 is 0 Å². The molecule has 15 heavy (non-hydrogen) atoms. The third-order valence-electron chi connectivity index (χ3n) is 3.71. The molecule has 2 nitrogen and oxygen atoms in total. The van der Waals surface area contributed by atoms with Gasteiger partial charge in [0.05, 0.1) is 26.7 Å². The van der Waals surface area contributed by atoms with Gasteiger partial charge in [0.2, 0.25) is 0 Å². The highest BCUT2D eigenvalue weighted by Crippen LogP contribution is 2.10. The first-order valence-corrected chi connectivity index (χ1v) is 6.81. The van der Waals surface area contributed by atoms with E-state index < -0.39 is 0 Å². The van der Waals surface area contributed by atoms with Gasteiger partial charge in [-0.05, 0) is 12.8 Å². The Morgan fingerprint density at radius 3 is 2.20 bits per heavy atom. The quantitative estimate of drug-likeness (QED) is 0.506. The number of likely N-dealkylation sites (N-methyl/N-ethyl adjacent to an activating group) is 1. The minimum absolute atomic E-state index is 1.21. The van der Waals surface area contributed by atoms with E-state index in [0.29, 0.717) is 0 Å². The van der Waals surface area contributed by atoms with E-state index in [-0.39, 0.29) is 0 Å². The van der Waals surface area contributed by atoms with Crippen LogP contribution in [0.4, 0.5) is 0 Å². The van der Waals surface area contributed by atoms with Crippen LogP contribution in [0.1, 0.15) is 45.4 Å². The van der Waals surface area contributed by atoms with Crippen molar-refractivity contribution in [1.82, 2.24) is 5.32 Å². The summed E-state index contributed by atoms with van der Waals surface area (Å²) in [6, 6.07) is 0. The van der Waals surface area contributed by atoms with Crippen LogP contribution in [0.2, 0.25) is 0 Å². The zero-order valence-electron chi connectivity index (χ0n) is 10.7. The van der Waals surface area contributed by atoms with E-state index in [0.717, 1.165) is 0 Å². The maximum atomic E-state index is 3.44. The minimum atomic E-state index is 1.21. The van der Waals surface area contributed by atoms with E-state index in [1.54, 1.807) is 0 Å². The molecule has 0 saturated carbocycles. The smallest absolute Gasteiger partial charge is 0.0911 e. The van der Waals surface area contributed by atoms with Crippen LogP contribution < -0.4 is 5.32 Å². The molecule has 1 aliphatic rings. The summed E-state index contributed by atoms with van der Waals surface area (Å²) in [5.41, 5.74) is 0. The predicted molar refractivity (Wildman–Crippen MR) is 67.0 cm³/mol. The Labute approximate surface area is 95.6 Å². The summed E-state index contributed by atoms with van der Waals surface area (Å²) in [5, 5.41) is 3.44. The van der Waals surface area contributed by atoms with Crippen molar-refractivity contribution in [1.29, 1.82) is 0 Å². The molecule has 0 atom stereocenters. The van der Waals surface area contributed by atoms with Crippen molar-refractivity contribution < 1.29 is 4.48 Å². The molecule has 0 unspecified atom stereocenters. The summed E-state index contributed by atoms with van der Waals surface area (Å²) in [7, 11) is 2.42. The maximum Gasteiger partial charge on any atom is 0.0911 e. The Kier molecular flexibility index (Phi) is 6.26. The molecule has 0 aromatic carbocycles. The minimum Gasteiger partial charge on any atom is -0.324 e. The zero-order valence-corrected chi connectivity index (χ0v) is 10.7. The number of hydrogen-bond acceptors (Lipinski definition) is 1. The highest BCUT2D eigenvalue weighted by atomic mass is 15.4. The lowest BCUT2D eigenvalue weighted by atomic mass is 10.1. The molecule has 1 saturated heterocycles. The van der Waals surface area contributed by atoms with Crippen molar-refractivity contribution in [2.24, 2.45) is 0 Å². The van der Waals surface area contributed by atoms with Crippen molar-refractivity contribution in [2.75, 3.05) is 39.8 Å². The predicted octanol–water partition coefficient (Wildman–Crippen LogP) is 2.40. The van der Waals surface area contributed by atoms with Crippen molar-refractivity contribution in [3.63, 3.8) is 0 Å². The van der Waals surface area contributed by atoms with Crippen molar-refractivity contribution in [2.45, 2.75) is 45.4 Å². The van der Waals surface area contributed by atoms with Gasteiger partial charge in [0.15, 0.2) is 0 Å². The Morgan fingerprint density at radius 2 is 1.53 bits per heavy atom. The normalized spacial score (nSPS) is 20.4. The fraction of sp³-hybridized carbons (Fsp3) is 1.00. The number of nitrogens with zero attached hydrogens (tertiary/aromatic N) is 1. The first-order chi connectivity index (χ1) is 7.27. The molecule has 0 aromatic heterocycles. The van der Waals surface area contributed by atoms with Crippen LogP contribution in [0.5, 0.6) is 0 Å². The van der Waals surface area contributed by atoms with Crippen LogP contribution in [0.3, 0.4) is 0 Å². The number of piperazine rings is 1. The second-order valence-corrected chi connectivity index (χ2v) is 5.31. The number of nitrogens with one attached hydrogen (secondary N) is 1. The van der Waals surface area contributed by atoms with E-state index >= 15 is 0 Å². The van der Waals surface area contributed by atoms with Gasteiger partial charge in [0, 0.05) is 13.1 Å². The van der Waals surface area contributed by atoms with Gasteiger partial charge < -0.3 is 9.80 Å². The molecule has 1 N–H and O–H groups in total. The molecule has 0 radical (unpaired) electrons. The highest BCUT2D eigenvalue weighted by Gasteiger charge is 2.23. The fourth-order valence-corrected chi connectivity index (χ4v) is 2.43. The molecule has 1 fully saturated rings. The summed E-state index contributed by atoms with van der Waals surface area (Å²) in [5.74, 6) is 0. The van der Waals surface area contributed by atoms with Crippen LogP contribution in [0.15, 0.2) is 0 Å². The topological polar surface area (TPSA) is 12.0 Å². The van der Waals surface area contributed by atoms with Crippen LogP contribution in [0, 0.1) is 0 Å². The SMILES string of the molecule is CCCCCCCC[N+]1(C)CCNCC1. The van der Waals surface area contributed by atoms with Crippen LogP contribution >= 0.6 is 0 Å². The molecule has 2 heteroatoms. The molecule has 0 amide bonds. The average molecular weight is 213 g/mol. The first-order valence-electron chi connectivity index (χ1n) is 6.81. The molecule has 1 rings (SSSR count). The highest BCUT2D eigenvalue weighted by molar-refractivity contribution is 4.55. The van der Waals surface area contributed by atoms with Crippen LogP contribution in [-0.4, -0.2) is 44.3 Å². The number of hydrogen-bond donors (Lipinski definition) is 1. The summed E-state index contributed by atoms with van der Waals surface area (Å²) in [6.45, 7) is 8.77. The van der Waals surface area contributed by atoms with E-state index in [4.69, 9.17) is 0 Å². The van der Waals surface area contributed by atoms with Gasteiger partial charge in [0.1, 0.15) is 0 Å². The fourth-order valence-electron chi connectivity index (χ4n) is 2.43. The van der Waals surface area contributed by atoms with Crippen LogP contribution in [0.25, 0.3) is 0 Å². The van der Waals surface area contributed by atoms with Crippen LogP contribution in [-0.2, 0) is 0 Å². The zero-order chi connectivity index (χ0) is 11.0. The van der Waals surface area contributed by atoms with Gasteiger partial charge in [-0.2, -0.15) is 0 Å². The van der Waals surface area contributed by atoms with Crippen molar-refractivity contribution in [3.8, 4) is 0 Å². The lowest BCUT2D eigenvalue weighted by molar-refractivity contribution is -0.911. The number of rotatable bonds is 7. The van der Waals surface area contributed by atoms with E-state index in [1.165, 1.54) is 75.7 Å². The molecule has 0 aliphatic carbocycles. The second-order valence-electron chi connectivity index (χ2n) is 5.31. The molecule has 1 heterocycles. The van der Waals surface area contributed by atoms with E-state index in [2.05, 4.69) is 19.3 Å². The van der Waals surface area contributed by atoms with E-state index in [1.807, 2.05) is 0 Å². The number of unbranched alkanes of at least 4 members (excludes halogenated alkanes) is 5.